The van der Waals surface area contributed by atoms with E-state index in [1.807, 2.05) is 0 Å². The van der Waals surface area contributed by atoms with Crippen molar-refractivity contribution in [3.8, 4) is 0 Å². The van der Waals surface area contributed by atoms with Crippen LogP contribution in [0.15, 0.2) is 24.4 Å². The molecule has 3 rings (SSSR count). The maximum atomic E-state index is 12.7. The first kappa shape index (κ1) is 19.2. The van der Waals surface area contributed by atoms with Gasteiger partial charge < -0.3 is 10.2 Å². The number of carbonyl (C=O) groups excluding carboxylic acids is 2. The monoisotopic (exact) mass is 408 g/mol. The van der Waals surface area contributed by atoms with Gasteiger partial charge in [0.05, 0.1) is 25.6 Å². The Morgan fingerprint density at radius 1 is 1.44 bits per heavy atom. The Morgan fingerprint density at radius 3 is 2.85 bits per heavy atom. The van der Waals surface area contributed by atoms with Gasteiger partial charge in [0.25, 0.3) is 11.6 Å². The van der Waals surface area contributed by atoms with E-state index in [9.17, 15) is 19.7 Å². The summed E-state index contributed by atoms with van der Waals surface area (Å²) in [6.45, 7) is 2.40. The number of anilines is 1. The van der Waals surface area contributed by atoms with Crippen molar-refractivity contribution in [2.24, 2.45) is 5.92 Å². The number of thiophene rings is 1. The van der Waals surface area contributed by atoms with E-state index in [1.165, 1.54) is 12.3 Å². The predicted octanol–water partition coefficient (Wildman–Crippen LogP) is 3.50. The number of nitrogens with zero attached hydrogens (tertiary/aromatic N) is 3. The summed E-state index contributed by atoms with van der Waals surface area (Å²) in [5.41, 5.74) is -0.0523. The first-order valence-electron chi connectivity index (χ1n) is 8.31. The zero-order valence-electron chi connectivity index (χ0n) is 14.5. The van der Waals surface area contributed by atoms with Crippen molar-refractivity contribution in [1.82, 2.24) is 9.88 Å². The number of aromatic nitrogens is 1. The summed E-state index contributed by atoms with van der Waals surface area (Å²) in [7, 11) is 0. The Hall–Kier alpha value is -2.52. The fraction of sp³-hybridized carbons (Fsp3) is 0.353. The number of hydrogen-bond donors (Lipinski definition) is 1. The summed E-state index contributed by atoms with van der Waals surface area (Å²) in [4.78, 5) is 42.1. The first-order chi connectivity index (χ1) is 12.8. The van der Waals surface area contributed by atoms with Crippen molar-refractivity contribution in [2.75, 3.05) is 18.4 Å². The highest BCUT2D eigenvalue weighted by atomic mass is 35.5. The number of likely N-dealkylation sites (tertiary alicyclic amines) is 1. The fourth-order valence-corrected chi connectivity index (χ4v) is 4.04. The number of hydrogen-bond acceptors (Lipinski definition) is 6. The highest BCUT2D eigenvalue weighted by Gasteiger charge is 2.31. The third-order valence-electron chi connectivity index (χ3n) is 4.36. The van der Waals surface area contributed by atoms with Crippen LogP contribution in [0, 0.1) is 23.0 Å². The average Bonchev–Trinajstić information content (AvgIpc) is 3.05. The standard InChI is InChI=1S/C17H17ClN4O4S/c1-10-13(22(25)26)7-14(27-10)17(24)21-6-2-3-11(9-21)16(23)20-15-5-4-12(18)8-19-15/h4-5,7-8,11H,2-3,6,9H2,1H3,(H,19,20,23). The van der Waals surface area contributed by atoms with Crippen molar-refractivity contribution in [2.45, 2.75) is 19.8 Å². The van der Waals surface area contributed by atoms with Crippen LogP contribution in [0.1, 0.15) is 27.4 Å². The van der Waals surface area contributed by atoms with Gasteiger partial charge in [-0.15, -0.1) is 11.3 Å². The van der Waals surface area contributed by atoms with Gasteiger partial charge in [-0.3, -0.25) is 19.7 Å². The minimum Gasteiger partial charge on any atom is -0.337 e. The molecule has 1 atom stereocenters. The molecule has 0 spiro atoms. The normalized spacial score (nSPS) is 16.8. The third kappa shape index (κ3) is 4.42. The Kier molecular flexibility index (Phi) is 5.71. The second kappa shape index (κ2) is 8.01. The van der Waals surface area contributed by atoms with Crippen LogP contribution in [-0.2, 0) is 4.79 Å². The number of rotatable bonds is 4. The van der Waals surface area contributed by atoms with Crippen LogP contribution < -0.4 is 5.32 Å². The molecule has 1 fully saturated rings. The summed E-state index contributed by atoms with van der Waals surface area (Å²) in [5, 5.41) is 14.2. The van der Waals surface area contributed by atoms with Crippen LogP contribution >= 0.6 is 22.9 Å². The van der Waals surface area contributed by atoms with E-state index in [0.717, 1.165) is 11.3 Å². The molecule has 0 saturated carbocycles. The molecule has 1 aliphatic heterocycles. The molecular weight excluding hydrogens is 392 g/mol. The molecule has 2 aromatic heterocycles. The lowest BCUT2D eigenvalue weighted by molar-refractivity contribution is -0.385. The zero-order valence-corrected chi connectivity index (χ0v) is 16.0. The summed E-state index contributed by atoms with van der Waals surface area (Å²) in [5.74, 6) is -0.456. The van der Waals surface area contributed by atoms with Gasteiger partial charge in [0.2, 0.25) is 5.91 Å². The average molecular weight is 409 g/mol. The van der Waals surface area contributed by atoms with Crippen molar-refractivity contribution in [1.29, 1.82) is 0 Å². The minimum absolute atomic E-state index is 0.0523. The van der Waals surface area contributed by atoms with Crippen LogP contribution in [0.4, 0.5) is 11.5 Å². The number of amides is 2. The van der Waals surface area contributed by atoms with E-state index in [1.54, 1.807) is 24.0 Å². The van der Waals surface area contributed by atoms with E-state index < -0.39 is 4.92 Å². The van der Waals surface area contributed by atoms with Crippen LogP contribution in [0.5, 0.6) is 0 Å². The molecule has 2 aromatic rings. The lowest BCUT2D eigenvalue weighted by atomic mass is 9.97. The topological polar surface area (TPSA) is 105 Å². The number of carbonyl (C=O) groups is 2. The number of pyridine rings is 1. The molecule has 142 valence electrons. The number of nitrogens with one attached hydrogen (secondary N) is 1. The molecule has 27 heavy (non-hydrogen) atoms. The molecule has 0 bridgehead atoms. The molecular formula is C17H17ClN4O4S. The Bertz CT molecular complexity index is 884. The molecule has 2 amide bonds. The van der Waals surface area contributed by atoms with Crippen LogP contribution in [0.2, 0.25) is 5.02 Å². The Morgan fingerprint density at radius 2 is 2.22 bits per heavy atom. The molecule has 1 unspecified atom stereocenters. The molecule has 8 nitrogen and oxygen atoms in total. The van der Waals surface area contributed by atoms with Gasteiger partial charge >= 0.3 is 0 Å². The van der Waals surface area contributed by atoms with Crippen molar-refractivity contribution >= 4 is 46.3 Å². The first-order valence-corrected chi connectivity index (χ1v) is 9.51. The quantitative estimate of drug-likeness (QED) is 0.615. The van der Waals surface area contributed by atoms with E-state index in [4.69, 9.17) is 11.6 Å². The lowest BCUT2D eigenvalue weighted by Gasteiger charge is -2.31. The van der Waals surface area contributed by atoms with Gasteiger partial charge in [-0.2, -0.15) is 0 Å². The van der Waals surface area contributed by atoms with Gasteiger partial charge in [0, 0.05) is 25.4 Å². The molecule has 1 saturated heterocycles. The second-order valence-corrected chi connectivity index (χ2v) is 7.94. The van der Waals surface area contributed by atoms with Gasteiger partial charge in [0.1, 0.15) is 5.82 Å². The van der Waals surface area contributed by atoms with Crippen LogP contribution in [-0.4, -0.2) is 39.7 Å². The maximum absolute atomic E-state index is 12.7. The molecule has 0 aliphatic carbocycles. The number of aryl methyl sites for hydroxylation is 1. The van der Waals surface area contributed by atoms with Gasteiger partial charge in [-0.25, -0.2) is 4.98 Å². The number of nitro groups is 1. The molecule has 0 aromatic carbocycles. The second-order valence-electron chi connectivity index (χ2n) is 6.25. The van der Waals surface area contributed by atoms with E-state index in [-0.39, 0.29) is 30.0 Å². The van der Waals surface area contributed by atoms with Gasteiger partial charge in [-0.05, 0) is 31.9 Å². The number of piperidine rings is 1. The summed E-state index contributed by atoms with van der Waals surface area (Å²) >= 11 is 6.88. The van der Waals surface area contributed by atoms with Crippen LogP contribution in [0.25, 0.3) is 0 Å². The molecule has 1 N–H and O–H groups in total. The minimum atomic E-state index is -0.492. The van der Waals surface area contributed by atoms with Gasteiger partial charge in [-0.1, -0.05) is 11.6 Å². The zero-order chi connectivity index (χ0) is 19.6. The van der Waals surface area contributed by atoms with E-state index in [2.05, 4.69) is 10.3 Å². The van der Waals surface area contributed by atoms with Crippen molar-refractivity contribution in [3.63, 3.8) is 0 Å². The maximum Gasteiger partial charge on any atom is 0.283 e. The summed E-state index contributed by atoms with van der Waals surface area (Å²) in [6.07, 6.45) is 2.79. The molecule has 3 heterocycles. The highest BCUT2D eigenvalue weighted by molar-refractivity contribution is 7.14. The molecule has 0 radical (unpaired) electrons. The smallest absolute Gasteiger partial charge is 0.283 e. The Labute approximate surface area is 164 Å². The molecule has 10 heteroatoms. The SMILES string of the molecule is Cc1sc(C(=O)N2CCCC(C(=O)Nc3ccc(Cl)cn3)C2)cc1[N+](=O)[O-]. The lowest BCUT2D eigenvalue weighted by Crippen LogP contribution is -2.43. The van der Waals surface area contributed by atoms with Gasteiger partial charge in [0.15, 0.2) is 0 Å². The predicted molar refractivity (Wildman–Crippen MR) is 102 cm³/mol. The highest BCUT2D eigenvalue weighted by Crippen LogP contribution is 2.30. The van der Waals surface area contributed by atoms with E-state index in [0.29, 0.717) is 40.0 Å². The van der Waals surface area contributed by atoms with Crippen molar-refractivity contribution < 1.29 is 14.5 Å². The Balaban J connectivity index is 1.67. The van der Waals surface area contributed by atoms with Crippen molar-refractivity contribution in [3.05, 3.63) is 49.3 Å². The molecule has 1 aliphatic rings. The summed E-state index contributed by atoms with van der Waals surface area (Å²) in [6, 6.07) is 4.55. The third-order valence-corrected chi connectivity index (χ3v) is 5.61. The fourth-order valence-electron chi connectivity index (χ4n) is 2.97. The summed E-state index contributed by atoms with van der Waals surface area (Å²) < 4.78 is 0. The largest absolute Gasteiger partial charge is 0.337 e. The number of halogens is 1. The van der Waals surface area contributed by atoms with Crippen LogP contribution in [0.3, 0.4) is 0 Å². The van der Waals surface area contributed by atoms with E-state index >= 15 is 0 Å².